The van der Waals surface area contributed by atoms with Crippen molar-refractivity contribution in [1.29, 1.82) is 0 Å². The number of morpholine rings is 1. The summed E-state index contributed by atoms with van der Waals surface area (Å²) >= 11 is 0. The van der Waals surface area contributed by atoms with Gasteiger partial charge < -0.3 is 14.8 Å². The smallest absolute Gasteiger partial charge is 0.0826 e. The Morgan fingerprint density at radius 1 is 1.43 bits per heavy atom. The van der Waals surface area contributed by atoms with Gasteiger partial charge in [0.2, 0.25) is 0 Å². The van der Waals surface area contributed by atoms with Gasteiger partial charge in [0.05, 0.1) is 19.3 Å². The van der Waals surface area contributed by atoms with Crippen molar-refractivity contribution in [1.82, 2.24) is 10.2 Å². The van der Waals surface area contributed by atoms with E-state index in [0.717, 1.165) is 39.5 Å². The standard InChI is InChI=1S/C10H20N2O2/c1-11-6-10-7-12(3-5-14-10)9-2-4-13-8-9/h9-11H,2-8H2,1H3. The van der Waals surface area contributed by atoms with Gasteiger partial charge in [-0.3, -0.25) is 4.90 Å². The largest absolute Gasteiger partial charge is 0.380 e. The summed E-state index contributed by atoms with van der Waals surface area (Å²) in [4.78, 5) is 2.51. The molecule has 0 bridgehead atoms. The number of ether oxygens (including phenoxy) is 2. The molecule has 4 heteroatoms. The van der Waals surface area contributed by atoms with Crippen molar-refractivity contribution in [2.75, 3.05) is 46.5 Å². The van der Waals surface area contributed by atoms with Crippen LogP contribution in [0.3, 0.4) is 0 Å². The van der Waals surface area contributed by atoms with E-state index in [-0.39, 0.29) is 0 Å². The van der Waals surface area contributed by atoms with Gasteiger partial charge in [-0.1, -0.05) is 0 Å². The predicted molar refractivity (Wildman–Crippen MR) is 54.5 cm³/mol. The third kappa shape index (κ3) is 2.45. The van der Waals surface area contributed by atoms with Crippen molar-refractivity contribution >= 4 is 0 Å². The number of hydrogen-bond acceptors (Lipinski definition) is 4. The van der Waals surface area contributed by atoms with Crippen molar-refractivity contribution < 1.29 is 9.47 Å². The Morgan fingerprint density at radius 2 is 2.36 bits per heavy atom. The van der Waals surface area contributed by atoms with Crippen molar-refractivity contribution in [2.45, 2.75) is 18.6 Å². The number of nitrogens with zero attached hydrogens (tertiary/aromatic N) is 1. The topological polar surface area (TPSA) is 33.7 Å². The SMILES string of the molecule is CNCC1CN(C2CCOC2)CCO1. The number of hydrogen-bond donors (Lipinski definition) is 1. The third-order valence-corrected chi connectivity index (χ3v) is 3.02. The van der Waals surface area contributed by atoms with Crippen LogP contribution in [0, 0.1) is 0 Å². The summed E-state index contributed by atoms with van der Waals surface area (Å²) in [5, 5.41) is 3.17. The molecule has 0 aromatic carbocycles. The molecule has 2 fully saturated rings. The van der Waals surface area contributed by atoms with Crippen LogP contribution < -0.4 is 5.32 Å². The fourth-order valence-corrected chi connectivity index (χ4v) is 2.24. The summed E-state index contributed by atoms with van der Waals surface area (Å²) in [6, 6.07) is 0.637. The molecule has 2 heterocycles. The third-order valence-electron chi connectivity index (χ3n) is 3.02. The quantitative estimate of drug-likeness (QED) is 0.678. The first-order valence-corrected chi connectivity index (χ1v) is 5.48. The lowest BCUT2D eigenvalue weighted by atomic mass is 10.1. The maximum atomic E-state index is 5.66. The lowest BCUT2D eigenvalue weighted by Gasteiger charge is -2.36. The summed E-state index contributed by atoms with van der Waals surface area (Å²) in [5.74, 6) is 0. The lowest BCUT2D eigenvalue weighted by Crippen LogP contribution is -2.50. The summed E-state index contributed by atoms with van der Waals surface area (Å²) in [7, 11) is 1.97. The van der Waals surface area contributed by atoms with Gasteiger partial charge in [0, 0.05) is 32.3 Å². The van der Waals surface area contributed by atoms with Gasteiger partial charge in [-0.2, -0.15) is 0 Å². The molecule has 0 radical (unpaired) electrons. The second kappa shape index (κ2) is 5.07. The zero-order chi connectivity index (χ0) is 9.80. The summed E-state index contributed by atoms with van der Waals surface area (Å²) in [6.07, 6.45) is 1.54. The zero-order valence-electron chi connectivity index (χ0n) is 8.87. The van der Waals surface area contributed by atoms with Crippen LogP contribution in [0.15, 0.2) is 0 Å². The maximum Gasteiger partial charge on any atom is 0.0826 e. The minimum atomic E-state index is 0.356. The molecule has 82 valence electrons. The second-order valence-corrected chi connectivity index (χ2v) is 4.06. The fourth-order valence-electron chi connectivity index (χ4n) is 2.24. The lowest BCUT2D eigenvalue weighted by molar-refractivity contribution is -0.0418. The van der Waals surface area contributed by atoms with Gasteiger partial charge in [0.15, 0.2) is 0 Å². The van der Waals surface area contributed by atoms with Crippen molar-refractivity contribution in [3.05, 3.63) is 0 Å². The molecule has 0 aliphatic carbocycles. The summed E-state index contributed by atoms with van der Waals surface area (Å²) in [5.41, 5.74) is 0. The van der Waals surface area contributed by atoms with Crippen LogP contribution in [0.2, 0.25) is 0 Å². The maximum absolute atomic E-state index is 5.66. The van der Waals surface area contributed by atoms with Gasteiger partial charge in [-0.05, 0) is 13.5 Å². The molecule has 0 aromatic heterocycles. The molecule has 2 unspecified atom stereocenters. The highest BCUT2D eigenvalue weighted by molar-refractivity contribution is 4.81. The highest BCUT2D eigenvalue weighted by atomic mass is 16.5. The Bertz CT molecular complexity index is 170. The van der Waals surface area contributed by atoms with Gasteiger partial charge in [-0.25, -0.2) is 0 Å². The van der Waals surface area contributed by atoms with Crippen LogP contribution >= 0.6 is 0 Å². The van der Waals surface area contributed by atoms with Gasteiger partial charge in [0.1, 0.15) is 0 Å². The molecule has 4 nitrogen and oxygen atoms in total. The molecule has 0 saturated carbocycles. The second-order valence-electron chi connectivity index (χ2n) is 4.06. The molecule has 0 amide bonds. The van der Waals surface area contributed by atoms with E-state index in [9.17, 15) is 0 Å². The van der Waals surface area contributed by atoms with Crippen LogP contribution in [0.25, 0.3) is 0 Å². The van der Waals surface area contributed by atoms with Crippen LogP contribution in [0.4, 0.5) is 0 Å². The van der Waals surface area contributed by atoms with E-state index in [0.29, 0.717) is 12.1 Å². The molecule has 2 aliphatic heterocycles. The first-order valence-electron chi connectivity index (χ1n) is 5.48. The van der Waals surface area contributed by atoms with E-state index in [4.69, 9.17) is 9.47 Å². The monoisotopic (exact) mass is 200 g/mol. The molecule has 2 rings (SSSR count). The first-order chi connectivity index (χ1) is 6.90. The van der Waals surface area contributed by atoms with Gasteiger partial charge >= 0.3 is 0 Å². The highest BCUT2D eigenvalue weighted by Gasteiger charge is 2.28. The Balaban J connectivity index is 1.80. The fraction of sp³-hybridized carbons (Fsp3) is 1.00. The Hall–Kier alpha value is -0.160. The Morgan fingerprint density at radius 3 is 3.07 bits per heavy atom. The molecular weight excluding hydrogens is 180 g/mol. The van der Waals surface area contributed by atoms with E-state index in [1.165, 1.54) is 6.42 Å². The Kier molecular flexibility index (Phi) is 3.75. The van der Waals surface area contributed by atoms with E-state index >= 15 is 0 Å². The van der Waals surface area contributed by atoms with E-state index in [1.54, 1.807) is 0 Å². The van der Waals surface area contributed by atoms with Crippen LogP contribution in [0.5, 0.6) is 0 Å². The van der Waals surface area contributed by atoms with Crippen molar-refractivity contribution in [2.24, 2.45) is 0 Å². The number of rotatable bonds is 3. The molecule has 2 atom stereocenters. The average molecular weight is 200 g/mol. The number of likely N-dealkylation sites (N-methyl/N-ethyl adjacent to an activating group) is 1. The molecule has 1 N–H and O–H groups in total. The Labute approximate surface area is 85.5 Å². The first kappa shape index (κ1) is 10.4. The van der Waals surface area contributed by atoms with E-state index < -0.39 is 0 Å². The van der Waals surface area contributed by atoms with E-state index in [2.05, 4.69) is 10.2 Å². The number of nitrogens with one attached hydrogen (secondary N) is 1. The minimum Gasteiger partial charge on any atom is -0.380 e. The van der Waals surface area contributed by atoms with E-state index in [1.807, 2.05) is 7.05 Å². The predicted octanol–water partition coefficient (Wildman–Crippen LogP) is -0.304. The molecule has 14 heavy (non-hydrogen) atoms. The molecule has 2 aliphatic rings. The van der Waals surface area contributed by atoms with Crippen molar-refractivity contribution in [3.8, 4) is 0 Å². The molecule has 2 saturated heterocycles. The average Bonchev–Trinajstić information content (AvgIpc) is 2.71. The molecule has 0 aromatic rings. The van der Waals surface area contributed by atoms with Gasteiger partial charge in [-0.15, -0.1) is 0 Å². The van der Waals surface area contributed by atoms with Crippen LogP contribution in [0.1, 0.15) is 6.42 Å². The molecular formula is C10H20N2O2. The van der Waals surface area contributed by atoms with Gasteiger partial charge in [0.25, 0.3) is 0 Å². The zero-order valence-corrected chi connectivity index (χ0v) is 8.87. The summed E-state index contributed by atoms with van der Waals surface area (Å²) < 4.78 is 11.1. The molecule has 0 spiro atoms. The van der Waals surface area contributed by atoms with Crippen LogP contribution in [-0.2, 0) is 9.47 Å². The van der Waals surface area contributed by atoms with Crippen molar-refractivity contribution in [3.63, 3.8) is 0 Å². The van der Waals surface area contributed by atoms with Crippen LogP contribution in [-0.4, -0.2) is 63.5 Å². The minimum absolute atomic E-state index is 0.356. The highest BCUT2D eigenvalue weighted by Crippen LogP contribution is 2.15. The normalized spacial score (nSPS) is 34.9. The summed E-state index contributed by atoms with van der Waals surface area (Å²) in [6.45, 7) is 5.76.